The summed E-state index contributed by atoms with van der Waals surface area (Å²) in [7, 11) is 0. The fourth-order valence-corrected chi connectivity index (χ4v) is 1.86. The van der Waals surface area contributed by atoms with E-state index in [1.165, 1.54) is 0 Å². The van der Waals surface area contributed by atoms with E-state index in [-0.39, 0.29) is 6.10 Å². The van der Waals surface area contributed by atoms with Crippen LogP contribution >= 0.6 is 0 Å². The standard InChI is InChI=1S/C15H21N3O2/c1-9(2)19-14-6-12(16)5-13(7-14)17-8-15-18-10(3)11(4)20-15/h5-7,9,17H,8,16H2,1-4H3. The molecule has 0 unspecified atom stereocenters. The second kappa shape index (κ2) is 5.86. The van der Waals surface area contributed by atoms with Gasteiger partial charge in [0.15, 0.2) is 0 Å². The van der Waals surface area contributed by atoms with Crippen molar-refractivity contribution in [2.24, 2.45) is 0 Å². The molecule has 0 spiro atoms. The summed E-state index contributed by atoms with van der Waals surface area (Å²) in [4.78, 5) is 4.33. The molecule has 1 aromatic heterocycles. The van der Waals surface area contributed by atoms with Gasteiger partial charge in [-0.3, -0.25) is 0 Å². The van der Waals surface area contributed by atoms with Crippen molar-refractivity contribution in [3.8, 4) is 5.75 Å². The predicted molar refractivity (Wildman–Crippen MR) is 79.9 cm³/mol. The van der Waals surface area contributed by atoms with Crippen molar-refractivity contribution in [2.45, 2.75) is 40.3 Å². The first-order valence-electron chi connectivity index (χ1n) is 6.68. The van der Waals surface area contributed by atoms with Gasteiger partial charge in [-0.15, -0.1) is 0 Å². The zero-order valence-corrected chi connectivity index (χ0v) is 12.4. The largest absolute Gasteiger partial charge is 0.491 e. The van der Waals surface area contributed by atoms with Crippen molar-refractivity contribution in [2.75, 3.05) is 11.1 Å². The summed E-state index contributed by atoms with van der Waals surface area (Å²) < 4.78 is 11.2. The molecule has 0 atom stereocenters. The molecule has 0 saturated carbocycles. The molecule has 0 bridgehead atoms. The van der Waals surface area contributed by atoms with Gasteiger partial charge in [-0.05, 0) is 33.8 Å². The van der Waals surface area contributed by atoms with E-state index in [9.17, 15) is 0 Å². The summed E-state index contributed by atoms with van der Waals surface area (Å²) in [6.45, 7) is 8.31. The quantitative estimate of drug-likeness (QED) is 0.819. The van der Waals surface area contributed by atoms with Crippen molar-refractivity contribution < 1.29 is 9.15 Å². The molecule has 0 aliphatic carbocycles. The molecule has 2 rings (SSSR count). The van der Waals surface area contributed by atoms with Gasteiger partial charge in [-0.1, -0.05) is 0 Å². The molecule has 0 aliphatic heterocycles. The zero-order valence-electron chi connectivity index (χ0n) is 12.4. The Bertz CT molecular complexity index is 571. The van der Waals surface area contributed by atoms with E-state index in [0.29, 0.717) is 18.1 Å². The third-order valence-corrected chi connectivity index (χ3v) is 2.82. The number of hydrogen-bond acceptors (Lipinski definition) is 5. The number of benzene rings is 1. The summed E-state index contributed by atoms with van der Waals surface area (Å²) in [5.41, 5.74) is 8.33. The van der Waals surface area contributed by atoms with E-state index < -0.39 is 0 Å². The number of nitrogens with two attached hydrogens (primary N) is 1. The number of anilines is 2. The van der Waals surface area contributed by atoms with E-state index in [1.54, 1.807) is 0 Å². The number of hydrogen-bond donors (Lipinski definition) is 2. The summed E-state index contributed by atoms with van der Waals surface area (Å²) in [6, 6.07) is 5.58. The van der Waals surface area contributed by atoms with E-state index in [4.69, 9.17) is 14.9 Å². The Morgan fingerprint density at radius 3 is 2.65 bits per heavy atom. The van der Waals surface area contributed by atoms with Crippen LogP contribution in [0.15, 0.2) is 22.6 Å². The molecule has 3 N–H and O–H groups in total. The molecule has 1 heterocycles. The van der Waals surface area contributed by atoms with Gasteiger partial charge in [0.25, 0.3) is 0 Å². The summed E-state index contributed by atoms with van der Waals surface area (Å²) in [5.74, 6) is 2.26. The van der Waals surface area contributed by atoms with Crippen molar-refractivity contribution in [1.29, 1.82) is 0 Å². The van der Waals surface area contributed by atoms with Crippen LogP contribution in [0.1, 0.15) is 31.2 Å². The van der Waals surface area contributed by atoms with Gasteiger partial charge in [0.05, 0.1) is 18.3 Å². The van der Waals surface area contributed by atoms with Crippen LogP contribution in [0.3, 0.4) is 0 Å². The number of aryl methyl sites for hydroxylation is 2. The lowest BCUT2D eigenvalue weighted by Gasteiger charge is -2.12. The minimum atomic E-state index is 0.113. The van der Waals surface area contributed by atoms with Crippen LogP contribution in [0.5, 0.6) is 5.75 Å². The zero-order chi connectivity index (χ0) is 14.7. The van der Waals surface area contributed by atoms with Gasteiger partial charge in [0.2, 0.25) is 5.89 Å². The van der Waals surface area contributed by atoms with Crippen molar-refractivity contribution in [1.82, 2.24) is 4.98 Å². The van der Waals surface area contributed by atoms with Crippen LogP contribution in [0.2, 0.25) is 0 Å². The van der Waals surface area contributed by atoms with Crippen LogP contribution in [0, 0.1) is 13.8 Å². The first-order chi connectivity index (χ1) is 9.44. The lowest BCUT2D eigenvalue weighted by Crippen LogP contribution is -2.07. The highest BCUT2D eigenvalue weighted by Crippen LogP contribution is 2.24. The van der Waals surface area contributed by atoms with Crippen LogP contribution in [0.25, 0.3) is 0 Å². The highest BCUT2D eigenvalue weighted by Gasteiger charge is 2.06. The maximum atomic E-state index is 5.87. The maximum absolute atomic E-state index is 5.87. The Morgan fingerprint density at radius 1 is 1.30 bits per heavy atom. The van der Waals surface area contributed by atoms with Gasteiger partial charge in [-0.2, -0.15) is 0 Å². The number of nitrogen functional groups attached to an aromatic ring is 1. The Hall–Kier alpha value is -2.17. The lowest BCUT2D eigenvalue weighted by molar-refractivity contribution is 0.242. The Kier molecular flexibility index (Phi) is 4.17. The number of oxazole rings is 1. The first-order valence-corrected chi connectivity index (χ1v) is 6.68. The second-order valence-electron chi connectivity index (χ2n) is 5.06. The van der Waals surface area contributed by atoms with Gasteiger partial charge in [-0.25, -0.2) is 4.98 Å². The van der Waals surface area contributed by atoms with E-state index >= 15 is 0 Å². The average molecular weight is 275 g/mol. The molecule has 0 fully saturated rings. The van der Waals surface area contributed by atoms with E-state index in [0.717, 1.165) is 22.9 Å². The topological polar surface area (TPSA) is 73.3 Å². The van der Waals surface area contributed by atoms with Gasteiger partial charge in [0.1, 0.15) is 11.5 Å². The van der Waals surface area contributed by atoms with Crippen LogP contribution in [-0.2, 0) is 6.54 Å². The maximum Gasteiger partial charge on any atom is 0.213 e. The van der Waals surface area contributed by atoms with Gasteiger partial charge in [0, 0.05) is 23.5 Å². The highest BCUT2D eigenvalue weighted by atomic mass is 16.5. The Labute approximate surface area is 119 Å². The molecular formula is C15H21N3O2. The summed E-state index contributed by atoms with van der Waals surface area (Å²) in [5, 5.41) is 3.24. The second-order valence-corrected chi connectivity index (χ2v) is 5.06. The molecule has 20 heavy (non-hydrogen) atoms. The molecule has 108 valence electrons. The molecule has 1 aromatic carbocycles. The Balaban J connectivity index is 2.07. The first kappa shape index (κ1) is 14.2. The lowest BCUT2D eigenvalue weighted by atomic mass is 10.2. The SMILES string of the molecule is Cc1nc(CNc2cc(N)cc(OC(C)C)c2)oc1C. The molecule has 0 amide bonds. The fourth-order valence-electron chi connectivity index (χ4n) is 1.86. The minimum Gasteiger partial charge on any atom is -0.491 e. The molecule has 0 aliphatic rings. The summed E-state index contributed by atoms with van der Waals surface area (Å²) >= 11 is 0. The van der Waals surface area contributed by atoms with Crippen molar-refractivity contribution in [3.63, 3.8) is 0 Å². The predicted octanol–water partition coefficient (Wildman–Crippen LogP) is 3.27. The van der Waals surface area contributed by atoms with Crippen molar-refractivity contribution in [3.05, 3.63) is 35.5 Å². The molecule has 0 saturated heterocycles. The van der Waals surface area contributed by atoms with Gasteiger partial charge >= 0.3 is 0 Å². The third kappa shape index (κ3) is 3.66. The number of nitrogens with one attached hydrogen (secondary N) is 1. The number of nitrogens with zero attached hydrogens (tertiary/aromatic N) is 1. The molecular weight excluding hydrogens is 254 g/mol. The molecule has 5 nitrogen and oxygen atoms in total. The average Bonchev–Trinajstić information content (AvgIpc) is 2.65. The van der Waals surface area contributed by atoms with E-state index in [1.807, 2.05) is 45.9 Å². The van der Waals surface area contributed by atoms with Crippen LogP contribution in [-0.4, -0.2) is 11.1 Å². The fraction of sp³-hybridized carbons (Fsp3) is 0.400. The molecule has 0 radical (unpaired) electrons. The highest BCUT2D eigenvalue weighted by molar-refractivity contribution is 5.59. The minimum absolute atomic E-state index is 0.113. The third-order valence-electron chi connectivity index (χ3n) is 2.82. The Morgan fingerprint density at radius 2 is 2.05 bits per heavy atom. The monoisotopic (exact) mass is 275 g/mol. The van der Waals surface area contributed by atoms with E-state index in [2.05, 4.69) is 10.3 Å². The van der Waals surface area contributed by atoms with Crippen LogP contribution in [0.4, 0.5) is 11.4 Å². The van der Waals surface area contributed by atoms with Crippen molar-refractivity contribution >= 4 is 11.4 Å². The normalized spacial score (nSPS) is 10.8. The number of aromatic nitrogens is 1. The summed E-state index contributed by atoms with van der Waals surface area (Å²) in [6.07, 6.45) is 0.113. The van der Waals surface area contributed by atoms with Crippen LogP contribution < -0.4 is 15.8 Å². The smallest absolute Gasteiger partial charge is 0.213 e. The molecule has 5 heteroatoms. The molecule has 2 aromatic rings. The van der Waals surface area contributed by atoms with Gasteiger partial charge < -0.3 is 20.2 Å². The number of ether oxygens (including phenoxy) is 1. The number of rotatable bonds is 5.